The molecule has 1 amide bonds. The van der Waals surface area contributed by atoms with E-state index in [1.54, 1.807) is 0 Å². The highest BCUT2D eigenvalue weighted by molar-refractivity contribution is 5.98. The van der Waals surface area contributed by atoms with Crippen LogP contribution in [0.3, 0.4) is 0 Å². The quantitative estimate of drug-likeness (QED) is 0.212. The summed E-state index contributed by atoms with van der Waals surface area (Å²) in [6, 6.07) is -0.0448. The SMILES string of the molecule is CCOCCCN=C(NC(=O)C1CNOC1C)NC1CC(C2CC(F)CC(F)C2)NN1. The van der Waals surface area contributed by atoms with Crippen LogP contribution in [0.2, 0.25) is 0 Å². The molecule has 1 saturated carbocycles. The molecule has 2 heterocycles. The van der Waals surface area contributed by atoms with E-state index in [2.05, 4.69) is 32.0 Å². The number of guanidine groups is 1. The number of hydrogen-bond acceptors (Lipinski definition) is 7. The van der Waals surface area contributed by atoms with Crippen molar-refractivity contribution in [2.45, 2.75) is 76.6 Å². The number of nitrogens with one attached hydrogen (secondary N) is 5. The van der Waals surface area contributed by atoms with Gasteiger partial charge >= 0.3 is 0 Å². The van der Waals surface area contributed by atoms with E-state index in [9.17, 15) is 13.6 Å². The van der Waals surface area contributed by atoms with Crippen molar-refractivity contribution in [1.29, 1.82) is 0 Å². The van der Waals surface area contributed by atoms with Crippen LogP contribution in [0.4, 0.5) is 8.78 Å². The lowest BCUT2D eigenvalue weighted by Gasteiger charge is -2.31. The number of ether oxygens (including phenoxy) is 1. The zero-order valence-corrected chi connectivity index (χ0v) is 18.3. The topological polar surface area (TPSA) is 108 Å². The largest absolute Gasteiger partial charge is 0.382 e. The second kappa shape index (κ2) is 12.0. The second-order valence-corrected chi connectivity index (χ2v) is 8.54. The fourth-order valence-electron chi connectivity index (χ4n) is 4.36. The van der Waals surface area contributed by atoms with Crippen molar-refractivity contribution in [2.75, 3.05) is 26.3 Å². The summed E-state index contributed by atoms with van der Waals surface area (Å²) in [6.45, 7) is 5.96. The monoisotopic (exact) mass is 446 g/mol. The first-order valence-corrected chi connectivity index (χ1v) is 11.3. The maximum Gasteiger partial charge on any atom is 0.233 e. The van der Waals surface area contributed by atoms with E-state index in [0.29, 0.717) is 51.5 Å². The van der Waals surface area contributed by atoms with Crippen LogP contribution in [0.1, 0.15) is 46.0 Å². The summed E-state index contributed by atoms with van der Waals surface area (Å²) in [5.41, 5.74) is 9.03. The number of rotatable bonds is 8. The lowest BCUT2D eigenvalue weighted by molar-refractivity contribution is -0.124. The summed E-state index contributed by atoms with van der Waals surface area (Å²) < 4.78 is 32.9. The van der Waals surface area contributed by atoms with Crippen LogP contribution in [0.5, 0.6) is 0 Å². The summed E-state index contributed by atoms with van der Waals surface area (Å²) in [7, 11) is 0. The molecule has 0 radical (unpaired) electrons. The van der Waals surface area contributed by atoms with Crippen molar-refractivity contribution in [2.24, 2.45) is 16.8 Å². The van der Waals surface area contributed by atoms with Crippen LogP contribution < -0.4 is 27.0 Å². The average molecular weight is 447 g/mol. The molecule has 2 saturated heterocycles. The first-order valence-electron chi connectivity index (χ1n) is 11.3. The Bertz CT molecular complexity index is 603. The lowest BCUT2D eigenvalue weighted by atomic mass is 9.81. The number of alkyl halides is 2. The maximum absolute atomic E-state index is 13.8. The summed E-state index contributed by atoms with van der Waals surface area (Å²) in [5, 5.41) is 6.09. The number of aliphatic imine (C=N–C) groups is 1. The fourth-order valence-corrected chi connectivity index (χ4v) is 4.36. The Morgan fingerprint density at radius 1 is 1.19 bits per heavy atom. The Morgan fingerprint density at radius 2 is 1.97 bits per heavy atom. The summed E-state index contributed by atoms with van der Waals surface area (Å²) >= 11 is 0. The molecule has 3 aliphatic rings. The van der Waals surface area contributed by atoms with Gasteiger partial charge in [-0.2, -0.15) is 0 Å². The smallest absolute Gasteiger partial charge is 0.233 e. The van der Waals surface area contributed by atoms with Gasteiger partial charge in [-0.3, -0.25) is 25.4 Å². The molecule has 0 spiro atoms. The molecule has 1 aliphatic carbocycles. The first kappa shape index (κ1) is 24.2. The standard InChI is InChI=1S/C20H36F2N6O3/c1-3-30-6-4-5-23-20(26-19(29)16-11-24-31-12(16)2)25-18-10-17(27-28-18)13-7-14(21)9-15(22)8-13/h12-18,24,27-28H,3-11H2,1-2H3,(H2,23,25,26,29). The highest BCUT2D eigenvalue weighted by atomic mass is 19.1. The molecule has 2 aliphatic heterocycles. The van der Waals surface area contributed by atoms with Crippen molar-refractivity contribution in [3.05, 3.63) is 0 Å². The zero-order chi connectivity index (χ0) is 22.2. The van der Waals surface area contributed by atoms with Crippen molar-refractivity contribution in [3.63, 3.8) is 0 Å². The van der Waals surface area contributed by atoms with Gasteiger partial charge in [-0.1, -0.05) is 0 Å². The summed E-state index contributed by atoms with van der Waals surface area (Å²) in [5.74, 6) is -0.190. The minimum Gasteiger partial charge on any atom is -0.382 e. The predicted molar refractivity (Wildman–Crippen MR) is 112 cm³/mol. The molecular formula is C20H36F2N6O3. The average Bonchev–Trinajstić information content (AvgIpc) is 3.36. The van der Waals surface area contributed by atoms with Crippen molar-refractivity contribution >= 4 is 11.9 Å². The van der Waals surface area contributed by atoms with Gasteiger partial charge in [-0.25, -0.2) is 19.7 Å². The minimum absolute atomic E-state index is 0.00106. The van der Waals surface area contributed by atoms with Crippen molar-refractivity contribution < 1.29 is 23.1 Å². The van der Waals surface area contributed by atoms with Crippen LogP contribution in [-0.4, -0.2) is 68.8 Å². The van der Waals surface area contributed by atoms with Crippen LogP contribution >= 0.6 is 0 Å². The molecule has 31 heavy (non-hydrogen) atoms. The molecule has 3 fully saturated rings. The van der Waals surface area contributed by atoms with Crippen LogP contribution in [-0.2, 0) is 14.4 Å². The Hall–Kier alpha value is -1.40. The Labute approximate surface area is 182 Å². The molecule has 0 bridgehead atoms. The third kappa shape index (κ3) is 7.31. The van der Waals surface area contributed by atoms with E-state index in [1.165, 1.54) is 0 Å². The molecule has 3 rings (SSSR count). The van der Waals surface area contributed by atoms with E-state index in [1.807, 2.05) is 13.8 Å². The number of carbonyl (C=O) groups excluding carboxylic acids is 1. The van der Waals surface area contributed by atoms with Crippen LogP contribution in [0.15, 0.2) is 4.99 Å². The number of amides is 1. The van der Waals surface area contributed by atoms with Crippen LogP contribution in [0.25, 0.3) is 0 Å². The molecule has 9 nitrogen and oxygen atoms in total. The highest BCUT2D eigenvalue weighted by Gasteiger charge is 2.38. The van der Waals surface area contributed by atoms with E-state index >= 15 is 0 Å². The third-order valence-corrected chi connectivity index (χ3v) is 6.08. The third-order valence-electron chi connectivity index (χ3n) is 6.08. The van der Waals surface area contributed by atoms with Gasteiger partial charge in [0.25, 0.3) is 0 Å². The zero-order valence-electron chi connectivity index (χ0n) is 18.3. The van der Waals surface area contributed by atoms with Gasteiger partial charge in [0.2, 0.25) is 5.91 Å². The van der Waals surface area contributed by atoms with Gasteiger partial charge in [0.1, 0.15) is 12.3 Å². The van der Waals surface area contributed by atoms with Gasteiger partial charge in [0.05, 0.1) is 18.2 Å². The molecule has 6 unspecified atom stereocenters. The fraction of sp³-hybridized carbons (Fsp3) is 0.900. The Balaban J connectivity index is 1.54. The van der Waals surface area contributed by atoms with Gasteiger partial charge in [0.15, 0.2) is 5.96 Å². The van der Waals surface area contributed by atoms with Crippen molar-refractivity contribution in [1.82, 2.24) is 27.0 Å². The Morgan fingerprint density at radius 3 is 2.65 bits per heavy atom. The number of halogens is 2. The minimum atomic E-state index is -1.09. The first-order chi connectivity index (χ1) is 15.0. The normalized spacial score (nSPS) is 36.5. The molecular weight excluding hydrogens is 410 g/mol. The number of carbonyl (C=O) groups is 1. The van der Waals surface area contributed by atoms with E-state index in [-0.39, 0.29) is 42.5 Å². The van der Waals surface area contributed by atoms with Gasteiger partial charge in [0, 0.05) is 38.8 Å². The number of hydrogen-bond donors (Lipinski definition) is 5. The molecule has 11 heteroatoms. The molecule has 0 aromatic carbocycles. The van der Waals surface area contributed by atoms with Gasteiger partial charge in [-0.05, 0) is 45.4 Å². The molecule has 5 N–H and O–H groups in total. The van der Waals surface area contributed by atoms with Gasteiger partial charge in [-0.15, -0.1) is 0 Å². The molecule has 178 valence electrons. The molecule has 6 atom stereocenters. The highest BCUT2D eigenvalue weighted by Crippen LogP contribution is 2.33. The summed E-state index contributed by atoms with van der Waals surface area (Å²) in [6.07, 6.45) is -0.530. The maximum atomic E-state index is 13.8. The number of nitrogens with zero attached hydrogens (tertiary/aromatic N) is 1. The van der Waals surface area contributed by atoms with E-state index in [0.717, 1.165) is 6.42 Å². The van der Waals surface area contributed by atoms with Crippen molar-refractivity contribution in [3.8, 4) is 0 Å². The Kier molecular flexibility index (Phi) is 9.39. The van der Waals surface area contributed by atoms with E-state index < -0.39 is 12.3 Å². The lowest BCUT2D eigenvalue weighted by Crippen LogP contribution is -2.52. The summed E-state index contributed by atoms with van der Waals surface area (Å²) in [4.78, 5) is 22.4. The number of hydrazine groups is 1. The number of hydroxylamine groups is 1. The predicted octanol–water partition coefficient (Wildman–Crippen LogP) is 0.683. The van der Waals surface area contributed by atoms with Crippen LogP contribution in [0, 0.1) is 11.8 Å². The molecule has 0 aromatic heterocycles. The van der Waals surface area contributed by atoms with Gasteiger partial charge < -0.3 is 10.1 Å². The molecule has 0 aromatic rings. The second-order valence-electron chi connectivity index (χ2n) is 8.54. The van der Waals surface area contributed by atoms with E-state index in [4.69, 9.17) is 9.57 Å².